The van der Waals surface area contributed by atoms with E-state index in [9.17, 15) is 4.79 Å². The first-order valence-electron chi connectivity index (χ1n) is 10.4. The van der Waals surface area contributed by atoms with Crippen molar-refractivity contribution in [2.24, 2.45) is 11.0 Å². The van der Waals surface area contributed by atoms with E-state index in [1.54, 1.807) is 29.5 Å². The quantitative estimate of drug-likeness (QED) is 0.588. The molecule has 30 heavy (non-hydrogen) atoms. The summed E-state index contributed by atoms with van der Waals surface area (Å²) < 4.78 is 0. The van der Waals surface area contributed by atoms with Crippen LogP contribution in [0.1, 0.15) is 46.8 Å². The van der Waals surface area contributed by atoms with Gasteiger partial charge in [0.25, 0.3) is 5.91 Å². The van der Waals surface area contributed by atoms with Crippen LogP contribution in [0.2, 0.25) is 0 Å². The molecule has 0 bridgehead atoms. The molecule has 2 atom stereocenters. The molecule has 2 aromatic carbocycles. The highest BCUT2D eigenvalue weighted by Crippen LogP contribution is 2.44. The Morgan fingerprint density at radius 2 is 1.73 bits per heavy atom. The predicted octanol–water partition coefficient (Wildman–Crippen LogP) is 5.52. The molecule has 1 aromatic heterocycles. The SMILES string of the molecule is O=C(c1cccnc1)N1N=C2/C(=C\c3ccccc3)CCC[C@H]2[C@H]1c1ccccc1. The number of rotatable bonds is 3. The summed E-state index contributed by atoms with van der Waals surface area (Å²) in [4.78, 5) is 17.5. The fourth-order valence-electron chi connectivity index (χ4n) is 4.52. The fraction of sp³-hybridized carbons (Fsp3) is 0.192. The molecule has 2 heterocycles. The average molecular weight is 393 g/mol. The van der Waals surface area contributed by atoms with Crippen molar-refractivity contribution < 1.29 is 4.79 Å². The predicted molar refractivity (Wildman–Crippen MR) is 119 cm³/mol. The van der Waals surface area contributed by atoms with Crippen LogP contribution < -0.4 is 0 Å². The largest absolute Gasteiger partial charge is 0.276 e. The summed E-state index contributed by atoms with van der Waals surface area (Å²) in [6.07, 6.45) is 8.64. The summed E-state index contributed by atoms with van der Waals surface area (Å²) >= 11 is 0. The van der Waals surface area contributed by atoms with Crippen molar-refractivity contribution in [2.75, 3.05) is 0 Å². The normalized spacial score (nSPS) is 21.9. The molecule has 5 rings (SSSR count). The molecule has 1 aliphatic heterocycles. The maximum absolute atomic E-state index is 13.4. The van der Waals surface area contributed by atoms with Gasteiger partial charge >= 0.3 is 0 Å². The second kappa shape index (κ2) is 8.07. The maximum atomic E-state index is 13.4. The van der Waals surface area contributed by atoms with Gasteiger partial charge in [-0.25, -0.2) is 5.01 Å². The van der Waals surface area contributed by atoms with Gasteiger partial charge in [0.05, 0.1) is 17.3 Å². The van der Waals surface area contributed by atoms with Crippen molar-refractivity contribution in [1.82, 2.24) is 9.99 Å². The van der Waals surface area contributed by atoms with Crippen molar-refractivity contribution in [2.45, 2.75) is 25.3 Å². The van der Waals surface area contributed by atoms with Crippen molar-refractivity contribution in [3.05, 3.63) is 107 Å². The number of hydrogen-bond donors (Lipinski definition) is 0. The summed E-state index contributed by atoms with van der Waals surface area (Å²) in [7, 11) is 0. The number of amides is 1. The van der Waals surface area contributed by atoms with Gasteiger partial charge in [-0.1, -0.05) is 60.7 Å². The Balaban J connectivity index is 1.58. The molecule has 0 N–H and O–H groups in total. The number of aromatic nitrogens is 1. The third-order valence-corrected chi connectivity index (χ3v) is 5.90. The number of allylic oxidation sites excluding steroid dienone is 1. The second-order valence-corrected chi connectivity index (χ2v) is 7.81. The molecule has 0 spiro atoms. The van der Waals surface area contributed by atoms with Crippen molar-refractivity contribution in [3.63, 3.8) is 0 Å². The lowest BCUT2D eigenvalue weighted by molar-refractivity contribution is 0.0680. The molecule has 4 nitrogen and oxygen atoms in total. The van der Waals surface area contributed by atoms with E-state index in [-0.39, 0.29) is 17.9 Å². The van der Waals surface area contributed by atoms with Gasteiger partial charge in [-0.15, -0.1) is 0 Å². The molecule has 3 aromatic rings. The number of hydrogen-bond acceptors (Lipinski definition) is 3. The molecule has 0 radical (unpaired) electrons. The average Bonchev–Trinajstić information content (AvgIpc) is 3.21. The van der Waals surface area contributed by atoms with Crippen molar-refractivity contribution in [3.8, 4) is 0 Å². The van der Waals surface area contributed by atoms with E-state index in [1.807, 2.05) is 36.4 Å². The molecule has 2 aliphatic rings. The zero-order chi connectivity index (χ0) is 20.3. The van der Waals surface area contributed by atoms with Gasteiger partial charge in [-0.3, -0.25) is 9.78 Å². The lowest BCUT2D eigenvalue weighted by Gasteiger charge is -2.29. The summed E-state index contributed by atoms with van der Waals surface area (Å²) in [5, 5.41) is 6.62. The number of carbonyl (C=O) groups is 1. The molecule has 0 unspecified atom stereocenters. The number of benzene rings is 2. The highest BCUT2D eigenvalue weighted by molar-refractivity contribution is 6.09. The summed E-state index contributed by atoms with van der Waals surface area (Å²) in [6.45, 7) is 0. The van der Waals surface area contributed by atoms with E-state index in [0.717, 1.165) is 30.5 Å². The van der Waals surface area contributed by atoms with Crippen LogP contribution in [0.25, 0.3) is 6.08 Å². The smallest absolute Gasteiger partial charge is 0.267 e. The molecule has 1 aliphatic carbocycles. The standard InChI is InChI=1S/C26H23N3O/c30-26(22-14-8-16-27-18-22)29-25(20-11-5-2-6-12-20)23-15-7-13-21(24(23)28-29)17-19-9-3-1-4-10-19/h1-6,8-12,14,16-18,23,25H,7,13,15H2/b21-17-/t23-,25-/m1/s1. The first-order valence-corrected chi connectivity index (χ1v) is 10.4. The monoisotopic (exact) mass is 393 g/mol. The van der Waals surface area contributed by atoms with Gasteiger partial charge in [-0.05, 0) is 54.2 Å². The Labute approximate surface area is 176 Å². The molecular weight excluding hydrogens is 370 g/mol. The lowest BCUT2D eigenvalue weighted by atomic mass is 9.77. The Morgan fingerprint density at radius 3 is 2.47 bits per heavy atom. The summed E-state index contributed by atoms with van der Waals surface area (Å²) in [5.74, 6) is 0.106. The molecule has 1 amide bonds. The first kappa shape index (κ1) is 18.5. The number of pyridine rings is 1. The first-order chi connectivity index (χ1) is 14.8. The van der Waals surface area contributed by atoms with E-state index >= 15 is 0 Å². The second-order valence-electron chi connectivity index (χ2n) is 7.81. The number of fused-ring (bicyclic) bond motifs is 1. The van der Waals surface area contributed by atoms with E-state index in [4.69, 9.17) is 5.10 Å². The Morgan fingerprint density at radius 1 is 0.967 bits per heavy atom. The van der Waals surface area contributed by atoms with Crippen LogP contribution in [0.3, 0.4) is 0 Å². The molecule has 1 fully saturated rings. The fourth-order valence-corrected chi connectivity index (χ4v) is 4.52. The van der Waals surface area contributed by atoms with Gasteiger partial charge in [-0.2, -0.15) is 5.10 Å². The Kier molecular flexibility index (Phi) is 4.98. The van der Waals surface area contributed by atoms with E-state index in [0.29, 0.717) is 5.56 Å². The van der Waals surface area contributed by atoms with E-state index < -0.39 is 0 Å². The summed E-state index contributed by atoms with van der Waals surface area (Å²) in [5.41, 5.74) is 5.15. The molecule has 4 heteroatoms. The van der Waals surface area contributed by atoms with E-state index in [2.05, 4.69) is 35.3 Å². The third-order valence-electron chi connectivity index (χ3n) is 5.90. The number of carbonyl (C=O) groups excluding carboxylic acids is 1. The van der Waals surface area contributed by atoms with Crippen molar-refractivity contribution in [1.29, 1.82) is 0 Å². The van der Waals surface area contributed by atoms with Gasteiger partial charge in [0, 0.05) is 18.3 Å². The zero-order valence-corrected chi connectivity index (χ0v) is 16.7. The summed E-state index contributed by atoms with van der Waals surface area (Å²) in [6, 6.07) is 24.1. The van der Waals surface area contributed by atoms with Crippen molar-refractivity contribution >= 4 is 17.7 Å². The van der Waals surface area contributed by atoms with Gasteiger partial charge in [0.2, 0.25) is 0 Å². The van der Waals surface area contributed by atoms with Gasteiger partial charge < -0.3 is 0 Å². The van der Waals surface area contributed by atoms with Crippen LogP contribution in [0.15, 0.2) is 95.9 Å². The number of hydrazone groups is 1. The number of nitrogens with zero attached hydrogens (tertiary/aromatic N) is 3. The molecular formula is C26H23N3O. The minimum atomic E-state index is -0.0992. The topological polar surface area (TPSA) is 45.6 Å². The third kappa shape index (κ3) is 3.45. The van der Waals surface area contributed by atoms with Crippen LogP contribution in [-0.4, -0.2) is 21.6 Å². The minimum absolute atomic E-state index is 0.0895. The Bertz CT molecular complexity index is 1090. The molecule has 148 valence electrons. The minimum Gasteiger partial charge on any atom is -0.267 e. The Hall–Kier alpha value is -3.53. The zero-order valence-electron chi connectivity index (χ0n) is 16.7. The highest BCUT2D eigenvalue weighted by atomic mass is 16.2. The van der Waals surface area contributed by atoms with Crippen LogP contribution in [0.5, 0.6) is 0 Å². The van der Waals surface area contributed by atoms with Gasteiger partial charge in [0.1, 0.15) is 0 Å². The maximum Gasteiger partial charge on any atom is 0.276 e. The van der Waals surface area contributed by atoms with Crippen LogP contribution in [-0.2, 0) is 0 Å². The van der Waals surface area contributed by atoms with E-state index in [1.165, 1.54) is 11.1 Å². The molecule has 0 saturated heterocycles. The van der Waals surface area contributed by atoms with Crippen LogP contribution >= 0.6 is 0 Å². The van der Waals surface area contributed by atoms with Gasteiger partial charge in [0.15, 0.2) is 0 Å². The highest BCUT2D eigenvalue weighted by Gasteiger charge is 2.43. The lowest BCUT2D eigenvalue weighted by Crippen LogP contribution is -2.31. The van der Waals surface area contributed by atoms with Crippen LogP contribution in [0, 0.1) is 5.92 Å². The molecule has 1 saturated carbocycles. The van der Waals surface area contributed by atoms with Crippen LogP contribution in [0.4, 0.5) is 0 Å².